The molecule has 0 N–H and O–H groups in total. The molecule has 29 heteroatoms. The molecule has 29 nitrogen and oxygen atoms in total. The van der Waals surface area contributed by atoms with Crippen LogP contribution in [0.2, 0.25) is 0 Å². The van der Waals surface area contributed by atoms with Gasteiger partial charge in [0.1, 0.15) is 24.4 Å². The maximum Gasteiger partial charge on any atom is 0.350 e. The molecule has 15 aliphatic rings. The molecule has 670 valence electrons. The van der Waals surface area contributed by atoms with Crippen LogP contribution in [0, 0.1) is 86.3 Å². The van der Waals surface area contributed by atoms with E-state index in [0.29, 0.717) is 56.0 Å². The van der Waals surface area contributed by atoms with Crippen LogP contribution in [0.4, 0.5) is 0 Å². The lowest BCUT2D eigenvalue weighted by atomic mass is 9.78. The third kappa shape index (κ3) is 22.7. The second-order valence-electron chi connectivity index (χ2n) is 35.6. The van der Waals surface area contributed by atoms with E-state index in [1.807, 2.05) is 76.2 Å². The molecule has 22 atom stereocenters. The number of hydrogen-bond donors (Lipinski definition) is 0. The Balaban J connectivity index is 0.000000358. The fourth-order valence-corrected chi connectivity index (χ4v) is 16.9. The summed E-state index contributed by atoms with van der Waals surface area (Å²) in [6.07, 6.45) is 10.1. The van der Waals surface area contributed by atoms with Gasteiger partial charge in [0.25, 0.3) is 0 Å². The van der Waals surface area contributed by atoms with E-state index in [2.05, 4.69) is 14.2 Å². The standard InChI is InChI=1S/C18H26O7.C16H22O6.C15H22O7.C9H12O2.C8H12O2.2C7H14O2.C2H6O.5CH4/c1-4-17(2,3)16(20)23-12-10-11(21-14(12)19)13-15(22-10)25-18(24-13)8-6-5-7-9-18;1-5-16(2,3)15(19)22-12-7-6-8-10(9(7)13(17)20-4)14(18)21-11(8)12;1-6-14(2,3)13(17)20-9-7-8(18-11(9)16)10-12(19-7)22-15(4,5)21-10;10-9-8-6-2-1-5(3-6)7(8)4-11-9;9-8-7-4-2-1-3-6(7)5-10-8;2*1-5-7(2,3)6(8)9-4;1-3-2;;;;;/h10-13,15H,4-9H2,1-3H3;7-12H,5-6H2,1-4H3;7-10,12H,6H2,1-5H3;5-8H,1-4H2;6-7H,1-5H2;2*5H2,1-4H3;1-2H3;5*1H4. The van der Waals surface area contributed by atoms with E-state index < -0.39 is 143 Å². The number of rotatable bonds is 14. The van der Waals surface area contributed by atoms with E-state index in [4.69, 9.17) is 71.1 Å². The highest BCUT2D eigenvalue weighted by atomic mass is 16.9. The zero-order valence-corrected chi connectivity index (χ0v) is 69.7. The third-order valence-electron chi connectivity index (χ3n) is 25.8. The Kier molecular flexibility index (Phi) is 38.0. The largest absolute Gasteiger partial charge is 0.469 e. The average molecular weight is 1660 g/mol. The summed E-state index contributed by atoms with van der Waals surface area (Å²) in [6.45, 7) is 32.9. The van der Waals surface area contributed by atoms with Crippen LogP contribution in [0.3, 0.4) is 0 Å². The van der Waals surface area contributed by atoms with Crippen LogP contribution < -0.4 is 0 Å². The molecule has 0 amide bonds. The number of carbonyl (C=O) groups excluding carboxylic acids is 11. The number of hydrogen-bond acceptors (Lipinski definition) is 29. The van der Waals surface area contributed by atoms with Crippen molar-refractivity contribution in [1.29, 1.82) is 0 Å². The first-order valence-electron chi connectivity index (χ1n) is 40.3. The van der Waals surface area contributed by atoms with Crippen molar-refractivity contribution in [3.05, 3.63) is 0 Å². The van der Waals surface area contributed by atoms with Crippen LogP contribution in [0.15, 0.2) is 0 Å². The van der Waals surface area contributed by atoms with Crippen molar-refractivity contribution in [3.63, 3.8) is 0 Å². The Bertz CT molecular complexity index is 3270. The van der Waals surface area contributed by atoms with Gasteiger partial charge in [-0.25, -0.2) is 9.59 Å². The van der Waals surface area contributed by atoms with E-state index in [1.54, 1.807) is 55.8 Å². The van der Waals surface area contributed by atoms with Gasteiger partial charge in [-0.2, -0.15) is 0 Å². The minimum Gasteiger partial charge on any atom is -0.469 e. The van der Waals surface area contributed by atoms with Gasteiger partial charge in [0.05, 0.1) is 85.3 Å². The fraction of sp³-hybridized carbons (Fsp3) is 0.874. The molecular formula is C87H148O29. The SMILES string of the molecule is C.C.C.C.C.CCC(C)(C)C(=O)OC.CCC(C)(C)C(=O)OC.CCC(C)(C)C(=O)OC1C(=O)OC2C3OC(C)(C)OC3OC12.CCC(C)(C)C(=O)OC1C(=O)OC2C3OC4(CCCCC4)OC3OC12.CCC(C)(C)C(=O)OC1C2CC3C1OC(=O)C3C2C(=O)OC.COC.O=C1OCC2C3CCC(C3)C12.O=C1OCC2CCCCC12. The number of ether oxygens (including phenoxy) is 18. The third-order valence-corrected chi connectivity index (χ3v) is 25.8. The van der Waals surface area contributed by atoms with Crippen molar-refractivity contribution < 1.29 is 138 Å². The van der Waals surface area contributed by atoms with Gasteiger partial charge in [-0.3, -0.25) is 43.2 Å². The van der Waals surface area contributed by atoms with Gasteiger partial charge in [-0.1, -0.05) is 91.0 Å². The van der Waals surface area contributed by atoms with E-state index in [-0.39, 0.29) is 102 Å². The summed E-state index contributed by atoms with van der Waals surface area (Å²) in [4.78, 5) is 129. The van der Waals surface area contributed by atoms with Gasteiger partial charge in [0.15, 0.2) is 48.6 Å². The number of fused-ring (bicyclic) bond motifs is 13. The smallest absolute Gasteiger partial charge is 0.350 e. The molecule has 116 heavy (non-hydrogen) atoms. The number of carbonyl (C=O) groups is 11. The number of cyclic esters (lactones) is 2. The highest BCUT2D eigenvalue weighted by Gasteiger charge is 2.71. The van der Waals surface area contributed by atoms with Gasteiger partial charge >= 0.3 is 65.7 Å². The Morgan fingerprint density at radius 3 is 1.28 bits per heavy atom. The molecule has 15 rings (SSSR count). The summed E-state index contributed by atoms with van der Waals surface area (Å²) in [5, 5.41) is 0. The summed E-state index contributed by atoms with van der Waals surface area (Å²) in [5.41, 5.74) is -2.54. The van der Waals surface area contributed by atoms with E-state index in [1.165, 1.54) is 66.3 Å². The van der Waals surface area contributed by atoms with Gasteiger partial charge < -0.3 is 85.3 Å². The monoisotopic (exact) mass is 1660 g/mol. The minimum atomic E-state index is -1.07. The summed E-state index contributed by atoms with van der Waals surface area (Å²) >= 11 is 0. The normalized spacial score (nSPS) is 33.5. The Hall–Kier alpha value is -6.11. The van der Waals surface area contributed by atoms with Gasteiger partial charge in [0, 0.05) is 50.7 Å². The predicted octanol–water partition coefficient (Wildman–Crippen LogP) is 13.7. The van der Waals surface area contributed by atoms with Gasteiger partial charge in [-0.05, 0) is 178 Å². The van der Waals surface area contributed by atoms with E-state index >= 15 is 0 Å². The highest BCUT2D eigenvalue weighted by molar-refractivity contribution is 5.87. The molecule has 0 radical (unpaired) electrons. The van der Waals surface area contributed by atoms with Crippen molar-refractivity contribution in [2.45, 2.75) is 356 Å². The molecule has 9 aliphatic heterocycles. The first kappa shape index (κ1) is 104. The molecule has 4 bridgehead atoms. The van der Waals surface area contributed by atoms with E-state index in [0.717, 1.165) is 57.5 Å². The van der Waals surface area contributed by atoms with Crippen LogP contribution in [-0.4, -0.2) is 200 Å². The van der Waals surface area contributed by atoms with Crippen molar-refractivity contribution in [2.75, 3.05) is 48.8 Å². The first-order chi connectivity index (χ1) is 52.0. The van der Waals surface area contributed by atoms with Crippen LogP contribution in [0.25, 0.3) is 0 Å². The zero-order valence-electron chi connectivity index (χ0n) is 69.7. The zero-order chi connectivity index (χ0) is 82.4. The molecule has 1 spiro atoms. The van der Waals surface area contributed by atoms with Crippen molar-refractivity contribution >= 4 is 65.7 Å². The topological polar surface area (TPSA) is 354 Å². The number of esters is 11. The molecule has 0 aromatic rings. The van der Waals surface area contributed by atoms with Gasteiger partial charge in [0.2, 0.25) is 12.2 Å². The Labute approximate surface area is 691 Å². The van der Waals surface area contributed by atoms with Crippen LogP contribution in [0.1, 0.15) is 270 Å². The maximum atomic E-state index is 12.4. The van der Waals surface area contributed by atoms with E-state index in [9.17, 15) is 52.7 Å². The molecule has 0 aromatic heterocycles. The molecule has 9 saturated heterocycles. The van der Waals surface area contributed by atoms with Crippen LogP contribution >= 0.6 is 0 Å². The lowest BCUT2D eigenvalue weighted by molar-refractivity contribution is -0.246. The van der Waals surface area contributed by atoms with Crippen LogP contribution in [0.5, 0.6) is 0 Å². The molecule has 15 fully saturated rings. The van der Waals surface area contributed by atoms with Crippen molar-refractivity contribution in [3.8, 4) is 0 Å². The molecule has 6 saturated carbocycles. The van der Waals surface area contributed by atoms with Crippen molar-refractivity contribution in [2.24, 2.45) is 86.3 Å². The fourth-order valence-electron chi connectivity index (χ4n) is 16.9. The summed E-state index contributed by atoms with van der Waals surface area (Å²) < 4.78 is 96.0. The quantitative estimate of drug-likeness (QED) is 0.115. The second-order valence-corrected chi connectivity index (χ2v) is 35.6. The average Bonchev–Trinajstić information content (AvgIpc) is 1.56. The lowest BCUT2D eigenvalue weighted by Gasteiger charge is -2.33. The minimum absolute atomic E-state index is 0. The molecule has 22 unspecified atom stereocenters. The maximum absolute atomic E-state index is 12.4. The molecule has 6 aliphatic carbocycles. The Morgan fingerprint density at radius 2 is 0.828 bits per heavy atom. The summed E-state index contributed by atoms with van der Waals surface area (Å²) in [6, 6.07) is 0. The second kappa shape index (κ2) is 42.4. The molecular weight excluding hydrogens is 1510 g/mol. The highest BCUT2D eigenvalue weighted by Crippen LogP contribution is 2.60. The summed E-state index contributed by atoms with van der Waals surface area (Å²) in [5.74, 6) is -2.53. The molecule has 0 aromatic carbocycles. The molecule has 9 heterocycles. The van der Waals surface area contributed by atoms with Gasteiger partial charge in [-0.15, -0.1) is 0 Å². The van der Waals surface area contributed by atoms with Crippen molar-refractivity contribution in [1.82, 2.24) is 0 Å². The first-order valence-corrected chi connectivity index (χ1v) is 40.3. The number of methoxy groups -OCH3 is 4. The summed E-state index contributed by atoms with van der Waals surface area (Å²) in [7, 11) is 7.40. The Morgan fingerprint density at radius 1 is 0.397 bits per heavy atom. The predicted molar refractivity (Wildman–Crippen MR) is 425 cm³/mol. The lowest BCUT2D eigenvalue weighted by Crippen LogP contribution is -2.45. The van der Waals surface area contributed by atoms with Crippen LogP contribution in [-0.2, 0) is 138 Å².